The molecule has 1 aliphatic rings. The zero-order valence-corrected chi connectivity index (χ0v) is 15.9. The van der Waals surface area contributed by atoms with Crippen LogP contribution in [0.4, 0.5) is 4.39 Å². The Balaban J connectivity index is 1.53. The monoisotopic (exact) mass is 403 g/mol. The second-order valence-electron chi connectivity index (χ2n) is 6.02. The fourth-order valence-corrected chi connectivity index (χ4v) is 5.72. The van der Waals surface area contributed by atoms with E-state index in [2.05, 4.69) is 0 Å². The Morgan fingerprint density at radius 2 is 2.04 bits per heavy atom. The minimum absolute atomic E-state index is 0.0459. The lowest BCUT2D eigenvalue weighted by molar-refractivity contribution is 0.291. The van der Waals surface area contributed by atoms with Crippen LogP contribution in [0.3, 0.4) is 0 Å². The smallest absolute Gasteiger partial charge is 0.243 e. The summed E-state index contributed by atoms with van der Waals surface area (Å²) in [6.07, 6.45) is 3.31. The van der Waals surface area contributed by atoms with Crippen LogP contribution in [-0.2, 0) is 15.8 Å². The second-order valence-corrected chi connectivity index (χ2v) is 9.39. The van der Waals surface area contributed by atoms with Crippen LogP contribution >= 0.6 is 23.4 Å². The number of hydrogen-bond donors (Lipinski definition) is 0. The highest BCUT2D eigenvalue weighted by Gasteiger charge is 2.29. The largest absolute Gasteiger partial charge is 0.468 e. The predicted molar refractivity (Wildman–Crippen MR) is 97.8 cm³/mol. The lowest BCUT2D eigenvalue weighted by atomic mass is 10.0. The van der Waals surface area contributed by atoms with E-state index in [0.717, 1.165) is 36.2 Å². The van der Waals surface area contributed by atoms with Crippen LogP contribution in [0, 0.1) is 11.7 Å². The molecule has 3 rings (SSSR count). The average molecular weight is 404 g/mol. The summed E-state index contributed by atoms with van der Waals surface area (Å²) in [7, 11) is -3.62. The first-order chi connectivity index (χ1) is 12.0. The van der Waals surface area contributed by atoms with Crippen molar-refractivity contribution in [1.82, 2.24) is 4.31 Å². The average Bonchev–Trinajstić information content (AvgIpc) is 3.11. The molecule has 2 heterocycles. The lowest BCUT2D eigenvalue weighted by Crippen LogP contribution is -2.38. The first-order valence-electron chi connectivity index (χ1n) is 8.02. The number of sulfonamides is 1. The van der Waals surface area contributed by atoms with E-state index in [1.54, 1.807) is 18.0 Å². The summed E-state index contributed by atoms with van der Waals surface area (Å²) in [5, 5.41) is -0.176. The van der Waals surface area contributed by atoms with E-state index in [-0.39, 0.29) is 9.92 Å². The van der Waals surface area contributed by atoms with E-state index in [0.29, 0.717) is 19.0 Å². The number of piperidine rings is 1. The van der Waals surface area contributed by atoms with Gasteiger partial charge in [0.2, 0.25) is 10.0 Å². The Morgan fingerprint density at radius 1 is 1.28 bits per heavy atom. The van der Waals surface area contributed by atoms with Crippen LogP contribution in [-0.4, -0.2) is 31.6 Å². The molecule has 0 saturated carbocycles. The Morgan fingerprint density at radius 3 is 2.68 bits per heavy atom. The molecule has 0 radical (unpaired) electrons. The van der Waals surface area contributed by atoms with Crippen molar-refractivity contribution in [2.24, 2.45) is 5.92 Å². The number of rotatable bonds is 6. The Bertz CT molecular complexity index is 803. The minimum atomic E-state index is -3.62. The third kappa shape index (κ3) is 4.58. The fourth-order valence-electron chi connectivity index (χ4n) is 2.82. The van der Waals surface area contributed by atoms with Gasteiger partial charge in [0, 0.05) is 13.1 Å². The molecule has 136 valence electrons. The Kier molecular flexibility index (Phi) is 6.09. The van der Waals surface area contributed by atoms with Gasteiger partial charge in [-0.15, -0.1) is 0 Å². The van der Waals surface area contributed by atoms with Gasteiger partial charge in [0.05, 0.1) is 21.9 Å². The number of furan rings is 1. The lowest BCUT2D eigenvalue weighted by Gasteiger charge is -2.31. The normalized spacial score (nSPS) is 17.0. The van der Waals surface area contributed by atoms with Crippen molar-refractivity contribution in [1.29, 1.82) is 0 Å². The molecule has 1 aromatic carbocycles. The van der Waals surface area contributed by atoms with E-state index in [4.69, 9.17) is 16.0 Å². The molecule has 0 bridgehead atoms. The molecule has 25 heavy (non-hydrogen) atoms. The highest BCUT2D eigenvalue weighted by atomic mass is 35.5. The molecule has 8 heteroatoms. The number of nitrogens with zero attached hydrogens (tertiary/aromatic N) is 1. The highest BCUT2D eigenvalue weighted by Crippen LogP contribution is 2.28. The fraction of sp³-hybridized carbons (Fsp3) is 0.412. The van der Waals surface area contributed by atoms with E-state index in [1.165, 1.54) is 16.4 Å². The SMILES string of the molecule is O=S(=O)(c1ccc(F)c(Cl)c1)N1CCC(CSCc2ccco2)CC1. The molecule has 1 saturated heterocycles. The summed E-state index contributed by atoms with van der Waals surface area (Å²) in [5.74, 6) is 2.64. The minimum Gasteiger partial charge on any atom is -0.468 e. The molecule has 1 aromatic heterocycles. The maximum Gasteiger partial charge on any atom is 0.243 e. The molecule has 0 atom stereocenters. The van der Waals surface area contributed by atoms with Gasteiger partial charge in [0.25, 0.3) is 0 Å². The van der Waals surface area contributed by atoms with Crippen molar-refractivity contribution in [3.05, 3.63) is 53.2 Å². The Hall–Kier alpha value is -1.02. The van der Waals surface area contributed by atoms with Crippen LogP contribution in [0.15, 0.2) is 45.9 Å². The number of halogens is 2. The van der Waals surface area contributed by atoms with Gasteiger partial charge in [0.1, 0.15) is 11.6 Å². The van der Waals surface area contributed by atoms with Crippen molar-refractivity contribution in [3.8, 4) is 0 Å². The van der Waals surface area contributed by atoms with Crippen molar-refractivity contribution in [3.63, 3.8) is 0 Å². The first kappa shape index (κ1) is 18.8. The molecule has 0 aliphatic carbocycles. The Labute approximate surface area is 156 Å². The second kappa shape index (κ2) is 8.12. The van der Waals surface area contributed by atoms with E-state index >= 15 is 0 Å². The summed E-state index contributed by atoms with van der Waals surface area (Å²) in [6.45, 7) is 0.951. The number of thioether (sulfide) groups is 1. The summed E-state index contributed by atoms with van der Waals surface area (Å²) >= 11 is 7.52. The van der Waals surface area contributed by atoms with Gasteiger partial charge in [-0.2, -0.15) is 16.1 Å². The summed E-state index contributed by atoms with van der Waals surface area (Å²) in [6, 6.07) is 7.36. The third-order valence-electron chi connectivity index (χ3n) is 4.28. The summed E-state index contributed by atoms with van der Waals surface area (Å²) in [5.41, 5.74) is 0. The van der Waals surface area contributed by atoms with Crippen molar-refractivity contribution in [2.75, 3.05) is 18.8 Å². The van der Waals surface area contributed by atoms with E-state index in [9.17, 15) is 12.8 Å². The molecular weight excluding hydrogens is 385 g/mol. The molecule has 0 N–H and O–H groups in total. The molecule has 0 spiro atoms. The predicted octanol–water partition coefficient (Wildman–Crippen LogP) is 4.41. The first-order valence-corrected chi connectivity index (χ1v) is 11.0. The molecule has 1 aliphatic heterocycles. The van der Waals surface area contributed by atoms with Gasteiger partial charge >= 0.3 is 0 Å². The quantitative estimate of drug-likeness (QED) is 0.717. The maximum absolute atomic E-state index is 13.3. The maximum atomic E-state index is 13.3. The third-order valence-corrected chi connectivity index (χ3v) is 7.66. The summed E-state index contributed by atoms with van der Waals surface area (Å²) in [4.78, 5) is 0.0459. The van der Waals surface area contributed by atoms with Gasteiger partial charge in [-0.25, -0.2) is 12.8 Å². The van der Waals surface area contributed by atoms with Crippen LogP contribution < -0.4 is 0 Å². The zero-order chi connectivity index (χ0) is 17.9. The van der Waals surface area contributed by atoms with Gasteiger partial charge in [-0.1, -0.05) is 11.6 Å². The number of benzene rings is 1. The van der Waals surface area contributed by atoms with Gasteiger partial charge in [-0.3, -0.25) is 0 Å². The molecule has 1 fully saturated rings. The summed E-state index contributed by atoms with van der Waals surface area (Å²) < 4.78 is 45.3. The molecule has 4 nitrogen and oxygen atoms in total. The van der Waals surface area contributed by atoms with E-state index in [1.807, 2.05) is 12.1 Å². The van der Waals surface area contributed by atoms with Gasteiger partial charge < -0.3 is 4.42 Å². The molecule has 0 amide bonds. The van der Waals surface area contributed by atoms with Crippen molar-refractivity contribution in [2.45, 2.75) is 23.5 Å². The zero-order valence-electron chi connectivity index (χ0n) is 13.5. The van der Waals surface area contributed by atoms with Gasteiger partial charge in [-0.05, 0) is 54.8 Å². The highest BCUT2D eigenvalue weighted by molar-refractivity contribution is 7.98. The molecule has 0 unspecified atom stereocenters. The van der Waals surface area contributed by atoms with Crippen LogP contribution in [0.25, 0.3) is 0 Å². The standard InChI is InChI=1S/C17H19ClFNO3S2/c18-16-10-15(3-4-17(16)19)25(21,22)20-7-5-13(6-8-20)11-24-12-14-2-1-9-23-14/h1-4,9-10,13H,5-8,11-12H2. The van der Waals surface area contributed by atoms with Crippen LogP contribution in [0.1, 0.15) is 18.6 Å². The van der Waals surface area contributed by atoms with Crippen molar-refractivity contribution >= 4 is 33.4 Å². The van der Waals surface area contributed by atoms with Crippen LogP contribution in [0.5, 0.6) is 0 Å². The molecule has 2 aromatic rings. The topological polar surface area (TPSA) is 50.5 Å². The molecular formula is C17H19ClFNO3S2. The van der Waals surface area contributed by atoms with E-state index < -0.39 is 15.8 Å². The van der Waals surface area contributed by atoms with Crippen LogP contribution in [0.2, 0.25) is 5.02 Å². The van der Waals surface area contributed by atoms with Gasteiger partial charge in [0.15, 0.2) is 0 Å². The number of hydrogen-bond acceptors (Lipinski definition) is 4. The van der Waals surface area contributed by atoms with Crippen molar-refractivity contribution < 1.29 is 17.2 Å².